The van der Waals surface area contributed by atoms with Crippen molar-refractivity contribution in [3.63, 3.8) is 0 Å². The van der Waals surface area contributed by atoms with Gasteiger partial charge in [-0.3, -0.25) is 14.5 Å². The second kappa shape index (κ2) is 13.8. The molecule has 2 aromatic carbocycles. The molecule has 4 atom stereocenters. The van der Waals surface area contributed by atoms with E-state index < -0.39 is 16.1 Å². The van der Waals surface area contributed by atoms with E-state index in [1.54, 1.807) is 17.0 Å². The molecule has 11 heteroatoms. The first-order valence-corrected chi connectivity index (χ1v) is 16.4. The van der Waals surface area contributed by atoms with Gasteiger partial charge in [-0.2, -0.15) is 0 Å². The summed E-state index contributed by atoms with van der Waals surface area (Å²) in [7, 11) is -3.44. The Morgan fingerprint density at radius 3 is 2.55 bits per heavy atom. The monoisotopic (exact) mass is 608 g/mol. The van der Waals surface area contributed by atoms with Gasteiger partial charge in [0.1, 0.15) is 0 Å². The molecule has 2 heterocycles. The highest BCUT2D eigenvalue weighted by Gasteiger charge is 2.45. The fourth-order valence-corrected chi connectivity index (χ4v) is 6.70. The molecule has 1 unspecified atom stereocenters. The van der Waals surface area contributed by atoms with Crippen molar-refractivity contribution in [2.24, 2.45) is 5.73 Å². The molecule has 40 heavy (non-hydrogen) atoms. The number of ketones is 1. The fourth-order valence-electron chi connectivity index (χ4n) is 5.89. The van der Waals surface area contributed by atoms with Gasteiger partial charge in [0.15, 0.2) is 5.78 Å². The van der Waals surface area contributed by atoms with Crippen molar-refractivity contribution in [2.45, 2.75) is 69.1 Å². The Kier molecular flexibility index (Phi) is 10.6. The lowest BCUT2D eigenvalue weighted by atomic mass is 9.98. The molecule has 2 aliphatic heterocycles. The van der Waals surface area contributed by atoms with Crippen LogP contribution in [-0.4, -0.2) is 80.0 Å². The van der Waals surface area contributed by atoms with Crippen molar-refractivity contribution in [1.29, 1.82) is 0 Å². The first-order chi connectivity index (χ1) is 19.0. The number of nitrogens with one attached hydrogen (secondary N) is 1. The molecule has 0 aromatic heterocycles. The molecule has 2 saturated heterocycles. The van der Waals surface area contributed by atoms with E-state index in [2.05, 4.69) is 21.8 Å². The van der Waals surface area contributed by atoms with Gasteiger partial charge in [0.2, 0.25) is 15.9 Å². The van der Waals surface area contributed by atoms with Crippen LogP contribution in [0.15, 0.2) is 48.5 Å². The molecule has 0 saturated carbocycles. The Bertz CT molecular complexity index is 1290. The number of Topliss-reactive ketones (excluding diaryl/α,β-unsaturated/α-hetero) is 1. The van der Waals surface area contributed by atoms with Crippen LogP contribution in [0, 0.1) is 0 Å². The summed E-state index contributed by atoms with van der Waals surface area (Å²) >= 11 is 12.2. The third-order valence-electron chi connectivity index (χ3n) is 7.90. The second-order valence-electron chi connectivity index (χ2n) is 10.9. The van der Waals surface area contributed by atoms with Crippen LogP contribution in [-0.2, 0) is 32.5 Å². The van der Waals surface area contributed by atoms with E-state index in [4.69, 9.17) is 28.9 Å². The topological polar surface area (TPSA) is 113 Å². The van der Waals surface area contributed by atoms with Crippen molar-refractivity contribution >= 4 is 44.9 Å². The van der Waals surface area contributed by atoms with E-state index in [9.17, 15) is 18.0 Å². The molecule has 2 aliphatic rings. The Labute approximate surface area is 247 Å². The summed E-state index contributed by atoms with van der Waals surface area (Å²) in [5.74, 6) is -0.200. The minimum atomic E-state index is -3.44. The first-order valence-electron chi connectivity index (χ1n) is 13.8. The third kappa shape index (κ3) is 8.27. The Morgan fingerprint density at radius 2 is 1.85 bits per heavy atom. The van der Waals surface area contributed by atoms with Crippen LogP contribution in [0.5, 0.6) is 0 Å². The summed E-state index contributed by atoms with van der Waals surface area (Å²) in [5, 5.41) is 0.861. The maximum Gasteiger partial charge on any atom is 0.240 e. The largest absolute Gasteiger partial charge is 0.331 e. The minimum Gasteiger partial charge on any atom is -0.331 e. The van der Waals surface area contributed by atoms with Gasteiger partial charge in [-0.15, -0.1) is 0 Å². The molecule has 218 valence electrons. The van der Waals surface area contributed by atoms with Gasteiger partial charge in [0.05, 0.1) is 28.4 Å². The predicted molar refractivity (Wildman–Crippen MR) is 159 cm³/mol. The Balaban J connectivity index is 1.52. The Hall–Kier alpha value is -2.01. The lowest BCUT2D eigenvalue weighted by molar-refractivity contribution is -0.142. The Morgan fingerprint density at radius 1 is 1.10 bits per heavy atom. The first kappa shape index (κ1) is 30.9. The zero-order valence-corrected chi connectivity index (χ0v) is 25.1. The van der Waals surface area contributed by atoms with Gasteiger partial charge < -0.3 is 10.6 Å². The summed E-state index contributed by atoms with van der Waals surface area (Å²) < 4.78 is 26.0. The average molecular weight is 610 g/mol. The quantitative estimate of drug-likeness (QED) is 0.382. The van der Waals surface area contributed by atoms with Crippen LogP contribution in [0.4, 0.5) is 0 Å². The minimum absolute atomic E-state index is 0.0666. The highest BCUT2D eigenvalue weighted by molar-refractivity contribution is 7.88. The molecule has 0 radical (unpaired) electrons. The number of fused-ring (bicyclic) bond motifs is 1. The molecule has 2 aromatic rings. The highest BCUT2D eigenvalue weighted by Crippen LogP contribution is 2.30. The van der Waals surface area contributed by atoms with Crippen LogP contribution < -0.4 is 10.5 Å². The molecule has 4 rings (SSSR count). The van der Waals surface area contributed by atoms with Crippen molar-refractivity contribution in [2.75, 3.05) is 25.9 Å². The molecule has 1 amide bonds. The van der Waals surface area contributed by atoms with Crippen molar-refractivity contribution in [3.05, 3.63) is 69.7 Å². The van der Waals surface area contributed by atoms with E-state index in [1.807, 2.05) is 24.3 Å². The number of hydrogen-bond acceptors (Lipinski definition) is 6. The number of hydrogen-bond donors (Lipinski definition) is 2. The van der Waals surface area contributed by atoms with Crippen LogP contribution in [0.1, 0.15) is 43.2 Å². The fraction of sp³-hybridized carbons (Fsp3) is 0.517. The number of nitrogens with zero attached hydrogens (tertiary/aromatic N) is 2. The van der Waals surface area contributed by atoms with Gasteiger partial charge in [-0.25, -0.2) is 13.1 Å². The van der Waals surface area contributed by atoms with E-state index >= 15 is 0 Å². The number of aryl methyl sites for hydroxylation is 2. The van der Waals surface area contributed by atoms with Gasteiger partial charge in [-0.05, 0) is 61.8 Å². The number of halogens is 2. The number of carbonyl (C=O) groups is 2. The molecular formula is C29H38Cl2N4O4S. The molecule has 2 fully saturated rings. The summed E-state index contributed by atoms with van der Waals surface area (Å²) in [6.45, 7) is 1.15. The van der Waals surface area contributed by atoms with Gasteiger partial charge in [0, 0.05) is 38.1 Å². The number of nitrogens with two attached hydrogens (primary N) is 1. The van der Waals surface area contributed by atoms with Crippen LogP contribution in [0.3, 0.4) is 0 Å². The van der Waals surface area contributed by atoms with Crippen molar-refractivity contribution in [3.8, 4) is 0 Å². The number of benzene rings is 2. The third-order valence-corrected chi connectivity index (χ3v) is 9.36. The highest BCUT2D eigenvalue weighted by atomic mass is 35.5. The number of rotatable bonds is 12. The zero-order valence-electron chi connectivity index (χ0n) is 22.8. The lowest BCUT2D eigenvalue weighted by Crippen LogP contribution is -2.51. The smallest absolute Gasteiger partial charge is 0.240 e. The predicted octanol–water partition coefficient (Wildman–Crippen LogP) is 3.44. The number of carbonyl (C=O) groups excluding carboxylic acids is 2. The summed E-state index contributed by atoms with van der Waals surface area (Å²) in [6, 6.07) is 14.5. The van der Waals surface area contributed by atoms with E-state index in [0.29, 0.717) is 36.0 Å². The number of amides is 1. The standard InChI is InChI=1S/C29H38Cl2N4O4S/c1-40(38,39)33-15-13-26(28(36)12-9-21-8-11-24(30)25(31)17-21)34-16-14-23(10-7-20-5-3-2-4-6-20)35-19-22(32)18-27(35)29(34)37/h2-6,8,11,17,22-23,26-27,33H,7,9-10,12-16,18-19,32H2,1H3/t22-,23?,26-,27+/m1/s1. The van der Waals surface area contributed by atoms with Crippen LogP contribution in [0.2, 0.25) is 10.0 Å². The maximum atomic E-state index is 14.0. The second-order valence-corrected chi connectivity index (χ2v) is 13.5. The molecule has 8 nitrogen and oxygen atoms in total. The van der Waals surface area contributed by atoms with E-state index in [-0.39, 0.29) is 49.2 Å². The summed E-state index contributed by atoms with van der Waals surface area (Å²) in [6.07, 6.45) is 4.96. The van der Waals surface area contributed by atoms with E-state index in [1.165, 1.54) is 5.56 Å². The molecule has 0 spiro atoms. The van der Waals surface area contributed by atoms with Gasteiger partial charge in [-0.1, -0.05) is 59.6 Å². The summed E-state index contributed by atoms with van der Waals surface area (Å²) in [4.78, 5) is 31.6. The molecule has 0 aliphatic carbocycles. The molecule has 3 N–H and O–H groups in total. The van der Waals surface area contributed by atoms with E-state index in [0.717, 1.165) is 31.1 Å². The van der Waals surface area contributed by atoms with Crippen LogP contribution >= 0.6 is 23.2 Å². The lowest BCUT2D eigenvalue weighted by Gasteiger charge is -2.32. The SMILES string of the molecule is CS(=O)(=O)NCC[C@H](C(=O)CCc1ccc(Cl)c(Cl)c1)N1CCC(CCc2ccccc2)N2C[C@H](N)C[C@H]2C1=O. The van der Waals surface area contributed by atoms with Crippen LogP contribution in [0.25, 0.3) is 0 Å². The zero-order chi connectivity index (χ0) is 28.9. The summed E-state index contributed by atoms with van der Waals surface area (Å²) in [5.41, 5.74) is 8.46. The van der Waals surface area contributed by atoms with Gasteiger partial charge >= 0.3 is 0 Å². The normalized spacial score (nSPS) is 22.6. The molecule has 0 bridgehead atoms. The van der Waals surface area contributed by atoms with Crippen molar-refractivity contribution in [1.82, 2.24) is 14.5 Å². The van der Waals surface area contributed by atoms with Crippen molar-refractivity contribution < 1.29 is 18.0 Å². The number of sulfonamides is 1. The average Bonchev–Trinajstić information content (AvgIpc) is 3.25. The van der Waals surface area contributed by atoms with Gasteiger partial charge in [0.25, 0.3) is 0 Å². The maximum absolute atomic E-state index is 14.0. The molecular weight excluding hydrogens is 571 g/mol.